The molecule has 132 valence electrons. The largest absolute Gasteiger partial charge is 0.356 e. The molecule has 1 aliphatic rings. The van der Waals surface area contributed by atoms with Gasteiger partial charge in [-0.25, -0.2) is 4.39 Å². The Hall–Kier alpha value is -2.20. The van der Waals surface area contributed by atoms with Gasteiger partial charge in [-0.1, -0.05) is 42.5 Å². The lowest BCUT2D eigenvalue weighted by Crippen LogP contribution is -2.38. The summed E-state index contributed by atoms with van der Waals surface area (Å²) < 4.78 is 12.9. The maximum absolute atomic E-state index is 12.9. The van der Waals surface area contributed by atoms with E-state index in [0.717, 1.165) is 44.6 Å². The molecule has 0 aliphatic carbocycles. The highest BCUT2D eigenvalue weighted by molar-refractivity contribution is 5.78. The summed E-state index contributed by atoms with van der Waals surface area (Å²) in [6.07, 6.45) is 2.54. The van der Waals surface area contributed by atoms with E-state index in [1.165, 1.54) is 17.7 Å². The van der Waals surface area contributed by atoms with Crippen molar-refractivity contribution in [3.05, 3.63) is 71.5 Å². The third-order valence-electron chi connectivity index (χ3n) is 4.82. The van der Waals surface area contributed by atoms with E-state index in [0.29, 0.717) is 12.3 Å². The molecule has 4 heteroatoms. The van der Waals surface area contributed by atoms with Crippen LogP contribution in [0.25, 0.3) is 0 Å². The average Bonchev–Trinajstić information content (AvgIpc) is 2.64. The molecule has 1 saturated heterocycles. The molecule has 1 aliphatic heterocycles. The molecule has 0 atom stereocenters. The van der Waals surface area contributed by atoms with E-state index < -0.39 is 0 Å². The first-order valence-corrected chi connectivity index (χ1v) is 8.96. The molecular weight excluding hydrogens is 315 g/mol. The van der Waals surface area contributed by atoms with Crippen molar-refractivity contribution in [2.75, 3.05) is 19.6 Å². The molecule has 0 unspecified atom stereocenters. The Morgan fingerprint density at radius 2 is 1.68 bits per heavy atom. The van der Waals surface area contributed by atoms with E-state index in [1.54, 1.807) is 12.1 Å². The fourth-order valence-corrected chi connectivity index (χ4v) is 3.30. The van der Waals surface area contributed by atoms with Gasteiger partial charge < -0.3 is 5.32 Å². The molecule has 2 aromatic carbocycles. The summed E-state index contributed by atoms with van der Waals surface area (Å²) in [7, 11) is 0. The van der Waals surface area contributed by atoms with Gasteiger partial charge in [-0.05, 0) is 55.1 Å². The van der Waals surface area contributed by atoms with E-state index in [2.05, 4.69) is 34.5 Å². The van der Waals surface area contributed by atoms with Crippen LogP contribution in [0.1, 0.15) is 24.0 Å². The van der Waals surface area contributed by atoms with Gasteiger partial charge >= 0.3 is 0 Å². The van der Waals surface area contributed by atoms with Crippen LogP contribution in [0, 0.1) is 11.7 Å². The summed E-state index contributed by atoms with van der Waals surface area (Å²) in [6.45, 7) is 3.89. The van der Waals surface area contributed by atoms with Gasteiger partial charge in [-0.3, -0.25) is 9.69 Å². The minimum absolute atomic E-state index is 0.0123. The van der Waals surface area contributed by atoms with E-state index in [4.69, 9.17) is 0 Å². The SMILES string of the molecule is O=C(Cc1ccc(F)cc1)NCC1CCN(Cc2ccccc2)CC1. The Bertz CT molecular complexity index is 664. The van der Waals surface area contributed by atoms with Crippen molar-refractivity contribution < 1.29 is 9.18 Å². The van der Waals surface area contributed by atoms with Crippen molar-refractivity contribution in [2.45, 2.75) is 25.8 Å². The molecule has 0 bridgehead atoms. The molecule has 0 spiro atoms. The number of likely N-dealkylation sites (tertiary alicyclic amines) is 1. The van der Waals surface area contributed by atoms with E-state index in [-0.39, 0.29) is 11.7 Å². The first kappa shape index (κ1) is 17.6. The van der Waals surface area contributed by atoms with Crippen LogP contribution in [0.4, 0.5) is 4.39 Å². The predicted molar refractivity (Wildman–Crippen MR) is 97.6 cm³/mol. The van der Waals surface area contributed by atoms with Gasteiger partial charge in [0.1, 0.15) is 5.82 Å². The van der Waals surface area contributed by atoms with Crippen LogP contribution in [0.15, 0.2) is 54.6 Å². The quantitative estimate of drug-likeness (QED) is 0.874. The second kappa shape index (κ2) is 8.77. The number of nitrogens with one attached hydrogen (secondary N) is 1. The van der Waals surface area contributed by atoms with Crippen molar-refractivity contribution in [2.24, 2.45) is 5.92 Å². The number of hydrogen-bond donors (Lipinski definition) is 1. The summed E-state index contributed by atoms with van der Waals surface area (Å²) >= 11 is 0. The monoisotopic (exact) mass is 340 g/mol. The van der Waals surface area contributed by atoms with Crippen LogP contribution >= 0.6 is 0 Å². The van der Waals surface area contributed by atoms with Crippen molar-refractivity contribution in [3.8, 4) is 0 Å². The number of halogens is 1. The number of amides is 1. The topological polar surface area (TPSA) is 32.3 Å². The number of rotatable bonds is 6. The summed E-state index contributed by atoms with van der Waals surface area (Å²) in [5, 5.41) is 3.03. The lowest BCUT2D eigenvalue weighted by molar-refractivity contribution is -0.120. The predicted octanol–water partition coefficient (Wildman–Crippen LogP) is 3.40. The van der Waals surface area contributed by atoms with Gasteiger partial charge in [0.25, 0.3) is 0 Å². The minimum atomic E-state index is -0.272. The standard InChI is InChI=1S/C21H25FN2O/c22-20-8-6-17(7-9-20)14-21(25)23-15-18-10-12-24(13-11-18)16-19-4-2-1-3-5-19/h1-9,18H,10-16H2,(H,23,25). The average molecular weight is 340 g/mol. The van der Waals surface area contributed by atoms with Crippen LogP contribution in [-0.4, -0.2) is 30.4 Å². The first-order valence-electron chi connectivity index (χ1n) is 8.96. The molecule has 3 rings (SSSR count). The molecule has 1 fully saturated rings. The molecule has 25 heavy (non-hydrogen) atoms. The molecule has 0 aromatic heterocycles. The lowest BCUT2D eigenvalue weighted by Gasteiger charge is -2.32. The molecule has 1 amide bonds. The van der Waals surface area contributed by atoms with Crippen LogP contribution in [-0.2, 0) is 17.8 Å². The van der Waals surface area contributed by atoms with Crippen LogP contribution in [0.2, 0.25) is 0 Å². The normalized spacial score (nSPS) is 15.9. The summed E-state index contributed by atoms with van der Waals surface area (Å²) in [5.41, 5.74) is 2.20. The molecule has 0 saturated carbocycles. The second-order valence-electron chi connectivity index (χ2n) is 6.81. The zero-order valence-corrected chi connectivity index (χ0v) is 14.5. The molecule has 2 aromatic rings. The number of hydrogen-bond acceptors (Lipinski definition) is 2. The van der Waals surface area contributed by atoms with E-state index in [9.17, 15) is 9.18 Å². The Balaban J connectivity index is 1.36. The molecule has 1 heterocycles. The summed E-state index contributed by atoms with van der Waals surface area (Å²) in [4.78, 5) is 14.5. The molecule has 1 N–H and O–H groups in total. The van der Waals surface area contributed by atoms with Gasteiger partial charge in [-0.2, -0.15) is 0 Å². The molecular formula is C21H25FN2O. The van der Waals surface area contributed by atoms with Crippen molar-refractivity contribution in [3.63, 3.8) is 0 Å². The van der Waals surface area contributed by atoms with E-state index >= 15 is 0 Å². The summed E-state index contributed by atoms with van der Waals surface area (Å²) in [6, 6.07) is 16.7. The number of carbonyl (C=O) groups excluding carboxylic acids is 1. The van der Waals surface area contributed by atoms with Crippen molar-refractivity contribution in [1.29, 1.82) is 0 Å². The zero-order valence-electron chi connectivity index (χ0n) is 14.5. The Kier molecular flexibility index (Phi) is 6.18. The number of nitrogens with zero attached hydrogens (tertiary/aromatic N) is 1. The zero-order chi connectivity index (χ0) is 17.5. The van der Waals surface area contributed by atoms with Gasteiger partial charge in [0.15, 0.2) is 0 Å². The van der Waals surface area contributed by atoms with Gasteiger partial charge in [-0.15, -0.1) is 0 Å². The smallest absolute Gasteiger partial charge is 0.224 e. The summed E-state index contributed by atoms with van der Waals surface area (Å²) in [5.74, 6) is 0.286. The highest BCUT2D eigenvalue weighted by atomic mass is 19.1. The Morgan fingerprint density at radius 1 is 1.00 bits per heavy atom. The first-order chi connectivity index (χ1) is 12.2. The fraction of sp³-hybridized carbons (Fsp3) is 0.381. The van der Waals surface area contributed by atoms with E-state index in [1.807, 2.05) is 6.07 Å². The maximum atomic E-state index is 12.9. The third-order valence-corrected chi connectivity index (χ3v) is 4.82. The number of piperidine rings is 1. The fourth-order valence-electron chi connectivity index (χ4n) is 3.30. The van der Waals surface area contributed by atoms with Crippen LogP contribution < -0.4 is 5.32 Å². The number of carbonyl (C=O) groups is 1. The second-order valence-corrected chi connectivity index (χ2v) is 6.81. The highest BCUT2D eigenvalue weighted by Crippen LogP contribution is 2.18. The lowest BCUT2D eigenvalue weighted by atomic mass is 9.96. The highest BCUT2D eigenvalue weighted by Gasteiger charge is 2.19. The minimum Gasteiger partial charge on any atom is -0.356 e. The van der Waals surface area contributed by atoms with Gasteiger partial charge in [0, 0.05) is 13.1 Å². The van der Waals surface area contributed by atoms with Gasteiger partial charge in [0.2, 0.25) is 5.91 Å². The maximum Gasteiger partial charge on any atom is 0.224 e. The van der Waals surface area contributed by atoms with Crippen molar-refractivity contribution in [1.82, 2.24) is 10.2 Å². The Labute approximate surface area is 148 Å². The van der Waals surface area contributed by atoms with Crippen LogP contribution in [0.5, 0.6) is 0 Å². The molecule has 0 radical (unpaired) electrons. The molecule has 3 nitrogen and oxygen atoms in total. The van der Waals surface area contributed by atoms with Gasteiger partial charge in [0.05, 0.1) is 6.42 Å². The Morgan fingerprint density at radius 3 is 2.36 bits per heavy atom. The van der Waals surface area contributed by atoms with Crippen molar-refractivity contribution >= 4 is 5.91 Å². The third kappa shape index (κ3) is 5.68. The number of benzene rings is 2. The van der Waals surface area contributed by atoms with Crippen LogP contribution in [0.3, 0.4) is 0 Å².